The van der Waals surface area contributed by atoms with Crippen LogP contribution in [0.1, 0.15) is 102 Å². The lowest BCUT2D eigenvalue weighted by Gasteiger charge is -2.38. The summed E-state index contributed by atoms with van der Waals surface area (Å²) in [6.07, 6.45) is 10.6. The summed E-state index contributed by atoms with van der Waals surface area (Å²) in [6, 6.07) is 5.75. The maximum absolute atomic E-state index is 14.3. The van der Waals surface area contributed by atoms with Gasteiger partial charge in [0, 0.05) is 12.0 Å². The molecule has 0 aromatic heterocycles. The first-order chi connectivity index (χ1) is 13.8. The third kappa shape index (κ3) is 4.99. The van der Waals surface area contributed by atoms with Gasteiger partial charge in [-0.3, -0.25) is 0 Å². The van der Waals surface area contributed by atoms with E-state index in [1.165, 1.54) is 64.0 Å². The molecule has 3 rings (SSSR count). The van der Waals surface area contributed by atoms with Crippen molar-refractivity contribution in [2.24, 2.45) is 17.8 Å². The summed E-state index contributed by atoms with van der Waals surface area (Å²) in [4.78, 5) is 0. The first-order valence-corrected chi connectivity index (χ1v) is 11.6. The lowest BCUT2D eigenvalue weighted by atomic mass is 9.68. The molecule has 29 heavy (non-hydrogen) atoms. The molecule has 1 aromatic carbocycles. The Kier molecular flexibility index (Phi) is 7.32. The van der Waals surface area contributed by atoms with Crippen LogP contribution in [-0.4, -0.2) is 5.92 Å². The fraction of sp³-hybridized carbons (Fsp3) is 0.760. The molecule has 0 N–H and O–H groups in total. The Bertz CT molecular complexity index is 621. The molecule has 0 aliphatic heterocycles. The van der Waals surface area contributed by atoms with Gasteiger partial charge in [0.2, 0.25) is 0 Å². The Hall–Kier alpha value is -1.06. The smallest absolute Gasteiger partial charge is 0.199 e. The zero-order valence-corrected chi connectivity index (χ0v) is 17.9. The highest BCUT2D eigenvalue weighted by molar-refractivity contribution is 5.29. The lowest BCUT2D eigenvalue weighted by molar-refractivity contribution is -0.219. The third-order valence-corrected chi connectivity index (χ3v) is 7.68. The van der Waals surface area contributed by atoms with Crippen molar-refractivity contribution < 1.29 is 17.6 Å². The zero-order valence-electron chi connectivity index (χ0n) is 17.9. The summed E-state index contributed by atoms with van der Waals surface area (Å²) >= 11 is 0. The van der Waals surface area contributed by atoms with Crippen molar-refractivity contribution >= 4 is 0 Å². The number of alkyl halides is 4. The Morgan fingerprint density at radius 2 is 1.28 bits per heavy atom. The van der Waals surface area contributed by atoms with Gasteiger partial charge < -0.3 is 0 Å². The summed E-state index contributed by atoms with van der Waals surface area (Å²) < 4.78 is 56.2. The van der Waals surface area contributed by atoms with Crippen LogP contribution in [0.4, 0.5) is 17.6 Å². The van der Waals surface area contributed by atoms with Crippen LogP contribution in [0.2, 0.25) is 0 Å². The van der Waals surface area contributed by atoms with Gasteiger partial charge in [-0.25, -0.2) is 0 Å². The minimum Gasteiger partial charge on any atom is -0.199 e. The molecule has 0 saturated heterocycles. The van der Waals surface area contributed by atoms with E-state index in [2.05, 4.69) is 6.92 Å². The van der Waals surface area contributed by atoms with E-state index in [4.69, 9.17) is 0 Å². The molecule has 0 atom stereocenters. The summed E-state index contributed by atoms with van der Waals surface area (Å²) in [5, 5.41) is 0. The molecule has 0 radical (unpaired) electrons. The van der Waals surface area contributed by atoms with E-state index >= 15 is 0 Å². The molecule has 0 bridgehead atoms. The number of rotatable bonds is 7. The monoisotopic (exact) mass is 412 g/mol. The second-order valence-electron chi connectivity index (χ2n) is 9.45. The molecule has 2 saturated carbocycles. The van der Waals surface area contributed by atoms with Crippen LogP contribution in [0, 0.1) is 17.8 Å². The summed E-state index contributed by atoms with van der Waals surface area (Å²) in [5.74, 6) is -5.16. The molecular formula is C25H36F4. The highest BCUT2D eigenvalue weighted by Crippen LogP contribution is 2.47. The van der Waals surface area contributed by atoms with Gasteiger partial charge in [0.25, 0.3) is 0 Å². The Labute approximate surface area is 173 Å². The fourth-order valence-electron chi connectivity index (χ4n) is 5.64. The minimum atomic E-state index is -4.11. The SMILES string of the molecule is CCCC(F)(F)C(F)(F)c1ccc(C2CCC(C3CCC(CC)CC3)CC2)cc1. The highest BCUT2D eigenvalue weighted by atomic mass is 19.3. The Balaban J connectivity index is 1.56. The third-order valence-electron chi connectivity index (χ3n) is 7.68. The molecule has 2 aliphatic rings. The molecule has 0 heterocycles. The molecule has 164 valence electrons. The van der Waals surface area contributed by atoms with Gasteiger partial charge in [-0.15, -0.1) is 0 Å². The summed E-state index contributed by atoms with van der Waals surface area (Å²) in [5.41, 5.74) is 0.456. The maximum atomic E-state index is 14.3. The van der Waals surface area contributed by atoms with Crippen molar-refractivity contribution in [2.75, 3.05) is 0 Å². The molecule has 0 unspecified atom stereocenters. The van der Waals surface area contributed by atoms with Crippen LogP contribution in [0.15, 0.2) is 24.3 Å². The van der Waals surface area contributed by atoms with E-state index in [9.17, 15) is 17.6 Å². The first kappa shape index (κ1) is 22.6. The number of hydrogen-bond acceptors (Lipinski definition) is 0. The van der Waals surface area contributed by atoms with Crippen molar-refractivity contribution in [1.29, 1.82) is 0 Å². The van der Waals surface area contributed by atoms with Crippen molar-refractivity contribution in [3.05, 3.63) is 35.4 Å². The average molecular weight is 413 g/mol. The summed E-state index contributed by atoms with van der Waals surface area (Å²) in [6.45, 7) is 3.79. The largest absolute Gasteiger partial charge is 0.335 e. The number of benzene rings is 1. The zero-order chi connectivity index (χ0) is 21.1. The van der Waals surface area contributed by atoms with E-state index in [0.29, 0.717) is 5.92 Å². The molecule has 2 aliphatic carbocycles. The van der Waals surface area contributed by atoms with E-state index in [0.717, 1.165) is 36.2 Å². The summed E-state index contributed by atoms with van der Waals surface area (Å²) in [7, 11) is 0. The van der Waals surface area contributed by atoms with Crippen LogP contribution in [0.5, 0.6) is 0 Å². The Morgan fingerprint density at radius 1 is 0.759 bits per heavy atom. The standard InChI is InChI=1S/C25H36F4/c1-3-17-24(26,27)25(28,29)23-15-13-22(14-16-23)21-11-9-20(10-12-21)19-7-5-18(4-2)6-8-19/h13-16,18-21H,3-12,17H2,1-2H3. The van der Waals surface area contributed by atoms with Gasteiger partial charge >= 0.3 is 11.8 Å². The predicted octanol–water partition coefficient (Wildman–Crippen LogP) is 8.70. The van der Waals surface area contributed by atoms with Crippen molar-refractivity contribution in [2.45, 2.75) is 102 Å². The van der Waals surface area contributed by atoms with Crippen LogP contribution in [0.25, 0.3) is 0 Å². The first-order valence-electron chi connectivity index (χ1n) is 11.6. The minimum absolute atomic E-state index is 0.0318. The van der Waals surface area contributed by atoms with Gasteiger partial charge in [-0.1, -0.05) is 63.8 Å². The highest BCUT2D eigenvalue weighted by Gasteiger charge is 2.56. The normalized spacial score (nSPS) is 29.0. The quantitative estimate of drug-likeness (QED) is 0.393. The van der Waals surface area contributed by atoms with E-state index < -0.39 is 23.8 Å². The van der Waals surface area contributed by atoms with E-state index in [1.54, 1.807) is 12.1 Å². The van der Waals surface area contributed by atoms with Gasteiger partial charge in [-0.05, 0) is 67.8 Å². The Morgan fingerprint density at radius 3 is 1.76 bits per heavy atom. The number of halogens is 4. The number of hydrogen-bond donors (Lipinski definition) is 0. The van der Waals surface area contributed by atoms with Crippen molar-refractivity contribution in [3.63, 3.8) is 0 Å². The molecule has 0 nitrogen and oxygen atoms in total. The lowest BCUT2D eigenvalue weighted by Crippen LogP contribution is -2.37. The van der Waals surface area contributed by atoms with Gasteiger partial charge in [-0.2, -0.15) is 17.6 Å². The second-order valence-corrected chi connectivity index (χ2v) is 9.45. The van der Waals surface area contributed by atoms with Gasteiger partial charge in [0.15, 0.2) is 0 Å². The fourth-order valence-corrected chi connectivity index (χ4v) is 5.64. The molecule has 4 heteroatoms. The molecule has 0 amide bonds. The average Bonchev–Trinajstić information content (AvgIpc) is 2.74. The van der Waals surface area contributed by atoms with Crippen LogP contribution in [-0.2, 0) is 5.92 Å². The van der Waals surface area contributed by atoms with Crippen molar-refractivity contribution in [3.8, 4) is 0 Å². The van der Waals surface area contributed by atoms with Gasteiger partial charge in [0.1, 0.15) is 0 Å². The predicted molar refractivity (Wildman–Crippen MR) is 111 cm³/mol. The molecular weight excluding hydrogens is 376 g/mol. The van der Waals surface area contributed by atoms with Crippen LogP contribution in [0.3, 0.4) is 0 Å². The van der Waals surface area contributed by atoms with E-state index in [-0.39, 0.29) is 6.42 Å². The molecule has 0 spiro atoms. The van der Waals surface area contributed by atoms with Gasteiger partial charge in [0.05, 0.1) is 0 Å². The van der Waals surface area contributed by atoms with E-state index in [1.807, 2.05) is 0 Å². The van der Waals surface area contributed by atoms with Crippen molar-refractivity contribution in [1.82, 2.24) is 0 Å². The molecule has 1 aromatic rings. The second kappa shape index (κ2) is 9.39. The van der Waals surface area contributed by atoms with Crippen LogP contribution < -0.4 is 0 Å². The maximum Gasteiger partial charge on any atom is 0.335 e. The van der Waals surface area contributed by atoms with Crippen LogP contribution >= 0.6 is 0 Å². The topological polar surface area (TPSA) is 0 Å². The molecule has 2 fully saturated rings.